The van der Waals surface area contributed by atoms with Crippen LogP contribution in [0.2, 0.25) is 0 Å². The molecular formula is C26H26ClN5O. The molecule has 1 N–H and O–H groups in total. The van der Waals surface area contributed by atoms with Crippen molar-refractivity contribution in [2.45, 2.75) is 13.1 Å². The van der Waals surface area contributed by atoms with Gasteiger partial charge in [-0.25, -0.2) is 9.78 Å². The number of hydrogen-bond acceptors (Lipinski definition) is 3. The summed E-state index contributed by atoms with van der Waals surface area (Å²) in [6.07, 6.45) is 3.55. The standard InChI is InChI=1S/C26H25N5O.ClH/c32-26(31(23-10-3-1-4-11-23)24-12-5-2-6-13-24)30-16-15-29(19-22-17-27-20-28-22)25-14-8-7-9-21(25)18-30;/h1-14,17,20H,15-16,18-19H2,(H,27,28);1H. The van der Waals surface area contributed by atoms with E-state index in [-0.39, 0.29) is 18.4 Å². The molecule has 0 fully saturated rings. The third kappa shape index (κ3) is 4.86. The van der Waals surface area contributed by atoms with E-state index in [0.717, 1.165) is 41.4 Å². The number of benzene rings is 3. The van der Waals surface area contributed by atoms with Crippen LogP contribution in [-0.4, -0.2) is 34.0 Å². The minimum absolute atomic E-state index is 0. The molecule has 5 rings (SSSR count). The Kier molecular flexibility index (Phi) is 6.95. The van der Waals surface area contributed by atoms with Crippen molar-refractivity contribution in [3.05, 3.63) is 109 Å². The third-order valence-electron chi connectivity index (χ3n) is 5.74. The lowest BCUT2D eigenvalue weighted by Gasteiger charge is -2.30. The lowest BCUT2D eigenvalue weighted by atomic mass is 10.1. The van der Waals surface area contributed by atoms with E-state index in [4.69, 9.17) is 0 Å². The Morgan fingerprint density at radius 2 is 1.52 bits per heavy atom. The predicted molar refractivity (Wildman–Crippen MR) is 134 cm³/mol. The van der Waals surface area contributed by atoms with Crippen molar-refractivity contribution in [3.63, 3.8) is 0 Å². The number of para-hydroxylation sites is 3. The van der Waals surface area contributed by atoms with Gasteiger partial charge in [0.1, 0.15) is 0 Å². The van der Waals surface area contributed by atoms with Crippen LogP contribution in [-0.2, 0) is 13.1 Å². The number of H-pyrrole nitrogens is 1. The van der Waals surface area contributed by atoms with Gasteiger partial charge in [-0.05, 0) is 35.9 Å². The number of nitrogens with zero attached hydrogens (tertiary/aromatic N) is 4. The molecule has 2 heterocycles. The molecule has 0 unspecified atom stereocenters. The number of imidazole rings is 1. The smallest absolute Gasteiger partial charge is 0.329 e. The average molecular weight is 460 g/mol. The van der Waals surface area contributed by atoms with Crippen molar-refractivity contribution < 1.29 is 4.79 Å². The number of carbonyl (C=O) groups is 1. The number of hydrogen-bond donors (Lipinski definition) is 1. The summed E-state index contributed by atoms with van der Waals surface area (Å²) in [5.41, 5.74) is 5.06. The second kappa shape index (κ2) is 10.2. The number of aromatic amines is 1. The van der Waals surface area contributed by atoms with Crippen molar-refractivity contribution in [3.8, 4) is 0 Å². The first-order valence-corrected chi connectivity index (χ1v) is 10.8. The zero-order valence-corrected chi connectivity index (χ0v) is 19.0. The second-order valence-corrected chi connectivity index (χ2v) is 7.84. The van der Waals surface area contributed by atoms with Crippen LogP contribution in [0.1, 0.15) is 11.3 Å². The van der Waals surface area contributed by atoms with E-state index in [1.165, 1.54) is 0 Å². The molecule has 0 saturated carbocycles. The van der Waals surface area contributed by atoms with Crippen LogP contribution in [0.5, 0.6) is 0 Å². The van der Waals surface area contributed by atoms with Crippen LogP contribution in [0.4, 0.5) is 21.9 Å². The van der Waals surface area contributed by atoms with E-state index >= 15 is 0 Å². The minimum atomic E-state index is -0.0272. The molecule has 1 aliphatic rings. The van der Waals surface area contributed by atoms with Crippen LogP contribution >= 0.6 is 12.4 Å². The molecular weight excluding hydrogens is 434 g/mol. The lowest BCUT2D eigenvalue weighted by molar-refractivity contribution is 0.207. The topological polar surface area (TPSA) is 55.5 Å². The number of urea groups is 1. The maximum atomic E-state index is 13.9. The van der Waals surface area contributed by atoms with Crippen LogP contribution in [0.25, 0.3) is 0 Å². The highest BCUT2D eigenvalue weighted by Gasteiger charge is 2.28. The minimum Gasteiger partial charge on any atom is -0.364 e. The monoisotopic (exact) mass is 459 g/mol. The first kappa shape index (κ1) is 22.4. The summed E-state index contributed by atoms with van der Waals surface area (Å²) >= 11 is 0. The molecule has 3 aromatic carbocycles. The highest BCUT2D eigenvalue weighted by Crippen LogP contribution is 2.30. The van der Waals surface area contributed by atoms with Gasteiger partial charge in [0, 0.05) is 31.5 Å². The van der Waals surface area contributed by atoms with Crippen LogP contribution < -0.4 is 9.80 Å². The van der Waals surface area contributed by atoms with Gasteiger partial charge in [-0.15, -0.1) is 12.4 Å². The van der Waals surface area contributed by atoms with Gasteiger partial charge in [0.2, 0.25) is 0 Å². The van der Waals surface area contributed by atoms with Crippen LogP contribution in [0.15, 0.2) is 97.5 Å². The molecule has 0 bridgehead atoms. The number of amides is 2. The molecule has 0 aliphatic carbocycles. The molecule has 168 valence electrons. The first-order valence-electron chi connectivity index (χ1n) is 10.8. The molecule has 0 saturated heterocycles. The van der Waals surface area contributed by atoms with Crippen molar-refractivity contribution in [2.24, 2.45) is 0 Å². The largest absolute Gasteiger partial charge is 0.364 e. The Morgan fingerprint density at radius 1 is 0.879 bits per heavy atom. The third-order valence-corrected chi connectivity index (χ3v) is 5.74. The number of aromatic nitrogens is 2. The van der Waals surface area contributed by atoms with Gasteiger partial charge in [-0.3, -0.25) is 4.90 Å². The molecule has 0 radical (unpaired) electrons. The van der Waals surface area contributed by atoms with Crippen LogP contribution in [0, 0.1) is 0 Å². The van der Waals surface area contributed by atoms with Crippen LogP contribution in [0.3, 0.4) is 0 Å². The lowest BCUT2D eigenvalue weighted by Crippen LogP contribution is -2.42. The maximum absolute atomic E-state index is 13.9. The van der Waals surface area contributed by atoms with Gasteiger partial charge < -0.3 is 14.8 Å². The number of nitrogens with one attached hydrogen (secondary N) is 1. The van der Waals surface area contributed by atoms with Gasteiger partial charge in [0.15, 0.2) is 0 Å². The summed E-state index contributed by atoms with van der Waals surface area (Å²) < 4.78 is 0. The highest BCUT2D eigenvalue weighted by atomic mass is 35.5. The Morgan fingerprint density at radius 3 is 2.15 bits per heavy atom. The number of anilines is 3. The summed E-state index contributed by atoms with van der Waals surface area (Å²) in [6, 6.07) is 28.0. The molecule has 6 nitrogen and oxygen atoms in total. The zero-order chi connectivity index (χ0) is 21.8. The van der Waals surface area contributed by atoms with E-state index in [2.05, 4.69) is 33.1 Å². The molecule has 2 amide bonds. The zero-order valence-electron chi connectivity index (χ0n) is 18.2. The number of fused-ring (bicyclic) bond motifs is 1. The van der Waals surface area contributed by atoms with Crippen molar-refractivity contribution in [1.29, 1.82) is 0 Å². The molecule has 1 aliphatic heterocycles. The van der Waals surface area contributed by atoms with E-state index in [1.54, 1.807) is 11.2 Å². The quantitative estimate of drug-likeness (QED) is 0.431. The van der Waals surface area contributed by atoms with Gasteiger partial charge >= 0.3 is 6.03 Å². The molecule has 33 heavy (non-hydrogen) atoms. The maximum Gasteiger partial charge on any atom is 0.329 e. The van der Waals surface area contributed by atoms with Gasteiger partial charge in [-0.1, -0.05) is 54.6 Å². The average Bonchev–Trinajstić information content (AvgIpc) is 3.29. The Bertz CT molecular complexity index is 1130. The molecule has 1 aromatic heterocycles. The number of rotatable bonds is 4. The fourth-order valence-electron chi connectivity index (χ4n) is 4.17. The van der Waals surface area contributed by atoms with Gasteiger partial charge in [-0.2, -0.15) is 0 Å². The fraction of sp³-hybridized carbons (Fsp3) is 0.154. The summed E-state index contributed by atoms with van der Waals surface area (Å²) in [5.74, 6) is 0. The second-order valence-electron chi connectivity index (χ2n) is 7.84. The number of halogens is 1. The molecule has 7 heteroatoms. The molecule has 0 spiro atoms. The van der Waals surface area contributed by atoms with Gasteiger partial charge in [0.25, 0.3) is 0 Å². The fourth-order valence-corrected chi connectivity index (χ4v) is 4.17. The van der Waals surface area contributed by atoms with E-state index < -0.39 is 0 Å². The number of carbonyl (C=O) groups excluding carboxylic acids is 1. The van der Waals surface area contributed by atoms with Gasteiger partial charge in [0.05, 0.1) is 29.9 Å². The summed E-state index contributed by atoms with van der Waals surface area (Å²) in [5, 5.41) is 0. The molecule has 0 atom stereocenters. The normalized spacial score (nSPS) is 13.0. The summed E-state index contributed by atoms with van der Waals surface area (Å²) in [6.45, 7) is 2.64. The van der Waals surface area contributed by atoms with E-state index in [0.29, 0.717) is 13.1 Å². The van der Waals surface area contributed by atoms with E-state index in [1.807, 2.05) is 77.8 Å². The SMILES string of the molecule is Cl.O=C(N1CCN(Cc2cnc[nH]2)c2ccccc2C1)N(c1ccccc1)c1ccccc1. The highest BCUT2D eigenvalue weighted by molar-refractivity contribution is 5.99. The van der Waals surface area contributed by atoms with Crippen molar-refractivity contribution in [2.75, 3.05) is 22.9 Å². The van der Waals surface area contributed by atoms with Crippen molar-refractivity contribution in [1.82, 2.24) is 14.9 Å². The van der Waals surface area contributed by atoms with Crippen molar-refractivity contribution >= 4 is 35.5 Å². The molecule has 4 aromatic rings. The Hall–Kier alpha value is -3.77. The summed E-state index contributed by atoms with van der Waals surface area (Å²) in [7, 11) is 0. The Balaban J connectivity index is 0.00000259. The Labute approximate surface area is 199 Å². The first-order chi connectivity index (χ1) is 15.8. The van der Waals surface area contributed by atoms with E-state index in [9.17, 15) is 4.79 Å². The predicted octanol–water partition coefficient (Wildman–Crippen LogP) is 5.61. The summed E-state index contributed by atoms with van der Waals surface area (Å²) in [4.78, 5) is 27.3.